The van der Waals surface area contributed by atoms with Gasteiger partial charge in [-0.2, -0.15) is 0 Å². The summed E-state index contributed by atoms with van der Waals surface area (Å²) < 4.78 is 10.2. The number of nitrogens with zero attached hydrogens (tertiary/aromatic N) is 2. The summed E-state index contributed by atoms with van der Waals surface area (Å²) in [7, 11) is 1.58. The monoisotopic (exact) mass is 267 g/mol. The number of nitrogens with one attached hydrogen (secondary N) is 1. The van der Waals surface area contributed by atoms with Crippen molar-refractivity contribution in [3.05, 3.63) is 17.8 Å². The summed E-state index contributed by atoms with van der Waals surface area (Å²) in [5.74, 6) is 0.234. The molecule has 0 bridgehead atoms. The van der Waals surface area contributed by atoms with Crippen molar-refractivity contribution in [1.29, 1.82) is 0 Å². The molecule has 0 aliphatic heterocycles. The molecule has 1 amide bonds. The molecule has 0 atom stereocenters. The lowest BCUT2D eigenvalue weighted by Crippen LogP contribution is -2.31. The molecule has 0 radical (unpaired) electrons. The molecule has 7 heteroatoms. The third-order valence-corrected chi connectivity index (χ3v) is 3.01. The number of amides is 1. The van der Waals surface area contributed by atoms with E-state index in [1.165, 1.54) is 17.7 Å². The van der Waals surface area contributed by atoms with Crippen molar-refractivity contribution in [2.45, 2.75) is 0 Å². The van der Waals surface area contributed by atoms with Gasteiger partial charge >= 0.3 is 0 Å². The maximum absolute atomic E-state index is 11.4. The molecule has 0 saturated carbocycles. The van der Waals surface area contributed by atoms with Gasteiger partial charge < -0.3 is 14.8 Å². The van der Waals surface area contributed by atoms with Gasteiger partial charge in [0.1, 0.15) is 11.2 Å². The molecule has 2 rings (SSSR count). The molecule has 0 fully saturated rings. The number of aromatic nitrogens is 2. The third-order valence-electron chi connectivity index (χ3n) is 2.19. The highest BCUT2D eigenvalue weighted by molar-refractivity contribution is 7.16. The minimum absolute atomic E-state index is 0.0638. The summed E-state index contributed by atoms with van der Waals surface area (Å²) in [6.45, 7) is 0.885. The molecule has 0 saturated heterocycles. The number of rotatable bonds is 6. The Morgan fingerprint density at radius 2 is 2.39 bits per heavy atom. The van der Waals surface area contributed by atoms with E-state index in [-0.39, 0.29) is 12.5 Å². The van der Waals surface area contributed by atoms with E-state index in [0.29, 0.717) is 19.0 Å². The van der Waals surface area contributed by atoms with Gasteiger partial charge in [-0.15, -0.1) is 11.3 Å². The number of hydrogen-bond donors (Lipinski definition) is 1. The van der Waals surface area contributed by atoms with Crippen LogP contribution in [0.4, 0.5) is 0 Å². The van der Waals surface area contributed by atoms with E-state index < -0.39 is 0 Å². The zero-order chi connectivity index (χ0) is 12.8. The topological polar surface area (TPSA) is 73.3 Å². The first-order valence-electron chi connectivity index (χ1n) is 5.38. The number of hydrogen-bond acceptors (Lipinski definition) is 6. The Bertz CT molecular complexity index is 529. The first kappa shape index (κ1) is 12.7. The van der Waals surface area contributed by atoms with E-state index in [9.17, 15) is 4.79 Å². The van der Waals surface area contributed by atoms with Crippen molar-refractivity contribution in [2.75, 3.05) is 26.9 Å². The largest absolute Gasteiger partial charge is 0.467 e. The van der Waals surface area contributed by atoms with Gasteiger partial charge in [-0.05, 0) is 11.4 Å². The minimum atomic E-state index is -0.200. The number of ether oxygens (including phenoxy) is 2. The molecule has 2 aromatic heterocycles. The Labute approximate surface area is 108 Å². The molecular weight excluding hydrogens is 254 g/mol. The van der Waals surface area contributed by atoms with Crippen LogP contribution in [0.5, 0.6) is 5.88 Å². The second kappa shape index (κ2) is 6.27. The van der Waals surface area contributed by atoms with Crippen LogP contribution >= 0.6 is 11.3 Å². The molecular formula is C11H13N3O3S. The summed E-state index contributed by atoms with van der Waals surface area (Å²) in [6.07, 6.45) is 1.43. The highest BCUT2D eigenvalue weighted by atomic mass is 32.1. The predicted molar refractivity (Wildman–Crippen MR) is 67.8 cm³/mol. The van der Waals surface area contributed by atoms with Crippen LogP contribution in [0.15, 0.2) is 17.8 Å². The van der Waals surface area contributed by atoms with E-state index in [1.807, 2.05) is 11.4 Å². The predicted octanol–water partition coefficient (Wildman–Crippen LogP) is 0.833. The van der Waals surface area contributed by atoms with Crippen LogP contribution in [0, 0.1) is 0 Å². The van der Waals surface area contributed by atoms with E-state index in [0.717, 1.165) is 10.2 Å². The Morgan fingerprint density at radius 3 is 3.22 bits per heavy atom. The van der Waals surface area contributed by atoms with Crippen LogP contribution in [0.1, 0.15) is 0 Å². The maximum Gasteiger partial charge on any atom is 0.258 e. The van der Waals surface area contributed by atoms with Crippen molar-refractivity contribution >= 4 is 27.5 Å². The lowest BCUT2D eigenvalue weighted by molar-refractivity contribution is -0.123. The van der Waals surface area contributed by atoms with E-state index in [1.54, 1.807) is 7.11 Å². The fraction of sp³-hybridized carbons (Fsp3) is 0.364. The van der Waals surface area contributed by atoms with Crippen molar-refractivity contribution in [3.63, 3.8) is 0 Å². The average molecular weight is 267 g/mol. The van der Waals surface area contributed by atoms with Gasteiger partial charge in [0.25, 0.3) is 5.91 Å². The number of thiophene rings is 1. The Hall–Kier alpha value is -1.73. The van der Waals surface area contributed by atoms with Gasteiger partial charge in [-0.1, -0.05) is 0 Å². The zero-order valence-electron chi connectivity index (χ0n) is 9.88. The van der Waals surface area contributed by atoms with E-state index in [4.69, 9.17) is 9.47 Å². The zero-order valence-corrected chi connectivity index (χ0v) is 10.7. The number of carbonyl (C=O) groups is 1. The van der Waals surface area contributed by atoms with Crippen LogP contribution in [-0.2, 0) is 9.53 Å². The van der Waals surface area contributed by atoms with Crippen molar-refractivity contribution in [1.82, 2.24) is 15.3 Å². The smallest absolute Gasteiger partial charge is 0.258 e. The lowest BCUT2D eigenvalue weighted by Gasteiger charge is -2.06. The van der Waals surface area contributed by atoms with Gasteiger partial charge in [0.2, 0.25) is 5.88 Å². The lowest BCUT2D eigenvalue weighted by atomic mass is 10.4. The normalized spacial score (nSPS) is 10.5. The summed E-state index contributed by atoms with van der Waals surface area (Å²) in [4.78, 5) is 20.4. The van der Waals surface area contributed by atoms with Crippen LogP contribution in [0.3, 0.4) is 0 Å². The second-order valence-corrected chi connectivity index (χ2v) is 4.34. The van der Waals surface area contributed by atoms with Gasteiger partial charge in [-0.3, -0.25) is 4.79 Å². The van der Waals surface area contributed by atoms with Crippen LogP contribution < -0.4 is 10.1 Å². The van der Waals surface area contributed by atoms with Gasteiger partial charge in [0.05, 0.1) is 12.0 Å². The molecule has 2 heterocycles. The van der Waals surface area contributed by atoms with Gasteiger partial charge in [0, 0.05) is 13.7 Å². The SMILES string of the molecule is COCCNC(=O)COc1ncnc2sccc12. The number of carbonyl (C=O) groups excluding carboxylic acids is 1. The van der Waals surface area contributed by atoms with Gasteiger partial charge in [0.15, 0.2) is 6.61 Å². The van der Waals surface area contributed by atoms with Crippen molar-refractivity contribution in [2.24, 2.45) is 0 Å². The van der Waals surface area contributed by atoms with Crippen molar-refractivity contribution < 1.29 is 14.3 Å². The highest BCUT2D eigenvalue weighted by Gasteiger charge is 2.08. The molecule has 6 nitrogen and oxygen atoms in total. The van der Waals surface area contributed by atoms with Crippen LogP contribution in [0.2, 0.25) is 0 Å². The minimum Gasteiger partial charge on any atom is -0.467 e. The third kappa shape index (κ3) is 3.14. The second-order valence-electron chi connectivity index (χ2n) is 3.45. The van der Waals surface area contributed by atoms with Gasteiger partial charge in [-0.25, -0.2) is 9.97 Å². The fourth-order valence-electron chi connectivity index (χ4n) is 1.36. The summed E-state index contributed by atoms with van der Waals surface area (Å²) in [6, 6.07) is 1.87. The molecule has 2 aromatic rings. The molecule has 0 aliphatic rings. The highest BCUT2D eigenvalue weighted by Crippen LogP contribution is 2.25. The average Bonchev–Trinajstić information content (AvgIpc) is 2.85. The first-order chi connectivity index (χ1) is 8.81. The van der Waals surface area contributed by atoms with Crippen LogP contribution in [0.25, 0.3) is 10.2 Å². The van der Waals surface area contributed by atoms with E-state index >= 15 is 0 Å². The van der Waals surface area contributed by atoms with Crippen molar-refractivity contribution in [3.8, 4) is 5.88 Å². The Morgan fingerprint density at radius 1 is 1.50 bits per heavy atom. The Kier molecular flexibility index (Phi) is 4.43. The molecule has 18 heavy (non-hydrogen) atoms. The molecule has 0 unspecified atom stereocenters. The molecule has 0 spiro atoms. The maximum atomic E-state index is 11.4. The number of fused-ring (bicyclic) bond motifs is 1. The quantitative estimate of drug-likeness (QED) is 0.785. The Balaban J connectivity index is 1.90. The molecule has 0 aromatic carbocycles. The van der Waals surface area contributed by atoms with Crippen LogP contribution in [-0.4, -0.2) is 42.7 Å². The first-order valence-corrected chi connectivity index (χ1v) is 6.26. The molecule has 96 valence electrons. The molecule has 1 N–H and O–H groups in total. The summed E-state index contributed by atoms with van der Waals surface area (Å²) in [5, 5.41) is 5.40. The summed E-state index contributed by atoms with van der Waals surface area (Å²) >= 11 is 1.50. The standard InChI is InChI=1S/C11H13N3O3S/c1-16-4-3-12-9(15)6-17-10-8-2-5-18-11(8)14-7-13-10/h2,5,7H,3-4,6H2,1H3,(H,12,15). The number of methoxy groups -OCH3 is 1. The molecule has 0 aliphatic carbocycles. The fourth-order valence-corrected chi connectivity index (χ4v) is 2.08. The van der Waals surface area contributed by atoms with E-state index in [2.05, 4.69) is 15.3 Å². The summed E-state index contributed by atoms with van der Waals surface area (Å²) in [5.41, 5.74) is 0.